The lowest BCUT2D eigenvalue weighted by Gasteiger charge is -2.22. The third-order valence-electron chi connectivity index (χ3n) is 5.72. The van der Waals surface area contributed by atoms with E-state index in [4.69, 9.17) is 14.2 Å². The summed E-state index contributed by atoms with van der Waals surface area (Å²) in [6.45, 7) is 6.18. The van der Waals surface area contributed by atoms with Gasteiger partial charge in [0.1, 0.15) is 17.3 Å². The molecule has 1 aromatic carbocycles. The zero-order valence-corrected chi connectivity index (χ0v) is 20.5. The number of nitrogens with zero attached hydrogens (tertiary/aromatic N) is 4. The molecule has 186 valence electrons. The van der Waals surface area contributed by atoms with Crippen molar-refractivity contribution in [3.63, 3.8) is 0 Å². The molecule has 10 nitrogen and oxygen atoms in total. The zero-order chi connectivity index (χ0) is 24.5. The van der Waals surface area contributed by atoms with Gasteiger partial charge in [-0.15, -0.1) is 10.2 Å². The van der Waals surface area contributed by atoms with Crippen molar-refractivity contribution in [1.82, 2.24) is 25.0 Å². The van der Waals surface area contributed by atoms with Crippen molar-refractivity contribution < 1.29 is 23.8 Å². The first-order valence-corrected chi connectivity index (χ1v) is 11.7. The van der Waals surface area contributed by atoms with Crippen molar-refractivity contribution in [3.8, 4) is 11.5 Å². The molecule has 0 saturated carbocycles. The largest absolute Gasteiger partial charge is 0.497 e. The van der Waals surface area contributed by atoms with E-state index in [1.54, 1.807) is 43.4 Å². The number of methoxy groups -OCH3 is 2. The number of aromatic nitrogens is 3. The minimum absolute atomic E-state index is 0.0364. The Morgan fingerprint density at radius 2 is 1.79 bits per heavy atom. The molecule has 0 saturated heterocycles. The van der Waals surface area contributed by atoms with Gasteiger partial charge in [0.2, 0.25) is 5.91 Å². The standard InChI is InChI=1S/C24H35N5O5/c1-17(2)15-20(25-22(30)10-14-32-3)24-27-26-21-9-11-28(12-13-29(21)24)23(31)16-34-19-7-5-18(33-4)6-8-19/h5-8,17,20H,9-16H2,1-4H3,(H,25,30)/t20-/m0/s1. The van der Waals surface area contributed by atoms with E-state index < -0.39 is 0 Å². The maximum absolute atomic E-state index is 12.8. The van der Waals surface area contributed by atoms with Crippen molar-refractivity contribution in [2.75, 3.05) is 40.5 Å². The number of nitrogens with one attached hydrogen (secondary N) is 1. The highest BCUT2D eigenvalue weighted by Gasteiger charge is 2.27. The maximum Gasteiger partial charge on any atom is 0.260 e. The molecule has 0 aliphatic carbocycles. The first-order valence-electron chi connectivity index (χ1n) is 11.7. The molecule has 0 radical (unpaired) electrons. The lowest BCUT2D eigenvalue weighted by atomic mass is 10.0. The van der Waals surface area contributed by atoms with E-state index in [9.17, 15) is 9.59 Å². The summed E-state index contributed by atoms with van der Waals surface area (Å²) in [5.74, 6) is 3.10. The van der Waals surface area contributed by atoms with E-state index in [0.717, 1.165) is 23.8 Å². The molecule has 0 spiro atoms. The molecular formula is C24H35N5O5. The van der Waals surface area contributed by atoms with E-state index in [0.29, 0.717) is 50.8 Å². The molecule has 2 heterocycles. The Morgan fingerprint density at radius 3 is 2.47 bits per heavy atom. The summed E-state index contributed by atoms with van der Waals surface area (Å²) in [6.07, 6.45) is 1.63. The molecule has 3 rings (SSSR count). The van der Waals surface area contributed by atoms with Crippen molar-refractivity contribution >= 4 is 11.8 Å². The summed E-state index contributed by atoms with van der Waals surface area (Å²) < 4.78 is 17.9. The SMILES string of the molecule is COCCC(=O)N[C@@H](CC(C)C)c1nnc2n1CCN(C(=O)COc1ccc(OC)cc1)CC2. The summed E-state index contributed by atoms with van der Waals surface area (Å²) in [4.78, 5) is 26.9. The van der Waals surface area contributed by atoms with Crippen LogP contribution in [-0.4, -0.2) is 72.0 Å². The Bertz CT molecular complexity index is 944. The number of amides is 2. The third kappa shape index (κ3) is 6.93. The number of ether oxygens (including phenoxy) is 3. The highest BCUT2D eigenvalue weighted by Crippen LogP contribution is 2.23. The van der Waals surface area contributed by atoms with Gasteiger partial charge in [0.25, 0.3) is 5.91 Å². The van der Waals surface area contributed by atoms with E-state index in [2.05, 4.69) is 29.4 Å². The molecule has 0 bridgehead atoms. The number of fused-ring (bicyclic) bond motifs is 1. The first-order chi connectivity index (χ1) is 16.4. The number of hydrogen-bond acceptors (Lipinski definition) is 7. The van der Waals surface area contributed by atoms with Crippen LogP contribution in [0.5, 0.6) is 11.5 Å². The van der Waals surface area contributed by atoms with Gasteiger partial charge in [0.05, 0.1) is 19.8 Å². The van der Waals surface area contributed by atoms with Crippen molar-refractivity contribution in [2.45, 2.75) is 45.7 Å². The fourth-order valence-corrected chi connectivity index (χ4v) is 3.92. The second-order valence-corrected chi connectivity index (χ2v) is 8.71. The molecular weight excluding hydrogens is 438 g/mol. The predicted octanol–water partition coefficient (Wildman–Crippen LogP) is 1.99. The first kappa shape index (κ1) is 25.5. The fraction of sp³-hybridized carbons (Fsp3) is 0.583. The lowest BCUT2D eigenvalue weighted by molar-refractivity contribution is -0.133. The van der Waals surface area contributed by atoms with Gasteiger partial charge < -0.3 is 29.0 Å². The Labute approximate surface area is 200 Å². The van der Waals surface area contributed by atoms with Gasteiger partial charge >= 0.3 is 0 Å². The Balaban J connectivity index is 1.62. The molecule has 2 amide bonds. The van der Waals surface area contributed by atoms with Gasteiger partial charge in [-0.25, -0.2) is 0 Å². The van der Waals surface area contributed by atoms with Gasteiger partial charge in [0, 0.05) is 39.6 Å². The maximum atomic E-state index is 12.8. The van der Waals surface area contributed by atoms with Crippen LogP contribution in [0, 0.1) is 5.92 Å². The highest BCUT2D eigenvalue weighted by atomic mass is 16.5. The molecule has 0 unspecified atom stereocenters. The van der Waals surface area contributed by atoms with Crippen LogP contribution in [0.25, 0.3) is 0 Å². The van der Waals surface area contributed by atoms with Crippen LogP contribution in [0.2, 0.25) is 0 Å². The van der Waals surface area contributed by atoms with Crippen LogP contribution in [0.3, 0.4) is 0 Å². The van der Waals surface area contributed by atoms with Crippen LogP contribution in [0.15, 0.2) is 24.3 Å². The average molecular weight is 474 g/mol. The summed E-state index contributed by atoms with van der Waals surface area (Å²) in [6, 6.07) is 6.89. The topological polar surface area (TPSA) is 108 Å². The summed E-state index contributed by atoms with van der Waals surface area (Å²) in [7, 11) is 3.18. The molecule has 1 aromatic heterocycles. The van der Waals surface area contributed by atoms with Gasteiger partial charge in [-0.1, -0.05) is 13.8 Å². The molecule has 0 fully saturated rings. The quantitative estimate of drug-likeness (QED) is 0.532. The second-order valence-electron chi connectivity index (χ2n) is 8.71. The fourth-order valence-electron chi connectivity index (χ4n) is 3.92. The molecule has 34 heavy (non-hydrogen) atoms. The number of benzene rings is 1. The Morgan fingerprint density at radius 1 is 1.06 bits per heavy atom. The van der Waals surface area contributed by atoms with Gasteiger partial charge in [-0.05, 0) is 36.6 Å². The molecule has 1 atom stereocenters. The van der Waals surface area contributed by atoms with E-state index in [1.807, 2.05) is 4.57 Å². The minimum atomic E-state index is -0.244. The van der Waals surface area contributed by atoms with E-state index >= 15 is 0 Å². The molecule has 1 aliphatic heterocycles. The predicted molar refractivity (Wildman–Crippen MR) is 126 cm³/mol. The van der Waals surface area contributed by atoms with Crippen molar-refractivity contribution in [3.05, 3.63) is 35.9 Å². The third-order valence-corrected chi connectivity index (χ3v) is 5.72. The number of carbonyl (C=O) groups is 2. The smallest absolute Gasteiger partial charge is 0.260 e. The summed E-state index contributed by atoms with van der Waals surface area (Å²) >= 11 is 0. The average Bonchev–Trinajstić information content (AvgIpc) is 3.11. The van der Waals surface area contributed by atoms with Crippen LogP contribution < -0.4 is 14.8 Å². The second kappa shape index (κ2) is 12.4. The van der Waals surface area contributed by atoms with Crippen LogP contribution in [-0.2, 0) is 27.3 Å². The monoisotopic (exact) mass is 473 g/mol. The van der Waals surface area contributed by atoms with Crippen LogP contribution in [0.4, 0.5) is 0 Å². The Kier molecular flexibility index (Phi) is 9.26. The van der Waals surface area contributed by atoms with Crippen LogP contribution >= 0.6 is 0 Å². The van der Waals surface area contributed by atoms with E-state index in [1.165, 1.54) is 0 Å². The number of carbonyl (C=O) groups excluding carboxylic acids is 2. The highest BCUT2D eigenvalue weighted by molar-refractivity contribution is 5.78. The molecule has 2 aromatic rings. The summed E-state index contributed by atoms with van der Waals surface area (Å²) in [5, 5.41) is 11.9. The van der Waals surface area contributed by atoms with Crippen LogP contribution in [0.1, 0.15) is 44.4 Å². The number of rotatable bonds is 11. The van der Waals surface area contributed by atoms with Gasteiger partial charge in [-0.2, -0.15) is 0 Å². The summed E-state index contributed by atoms with van der Waals surface area (Å²) in [5.41, 5.74) is 0. The Hall–Kier alpha value is -3.14. The van der Waals surface area contributed by atoms with Crippen molar-refractivity contribution in [2.24, 2.45) is 5.92 Å². The van der Waals surface area contributed by atoms with Gasteiger partial charge in [0.15, 0.2) is 12.4 Å². The zero-order valence-electron chi connectivity index (χ0n) is 20.5. The van der Waals surface area contributed by atoms with Gasteiger partial charge in [-0.3, -0.25) is 9.59 Å². The molecule has 1 N–H and O–H groups in total. The minimum Gasteiger partial charge on any atom is -0.497 e. The van der Waals surface area contributed by atoms with E-state index in [-0.39, 0.29) is 24.5 Å². The molecule has 10 heteroatoms. The normalized spacial score (nSPS) is 14.3. The molecule has 1 aliphatic rings. The number of hydrogen-bond donors (Lipinski definition) is 1. The van der Waals surface area contributed by atoms with Crippen molar-refractivity contribution in [1.29, 1.82) is 0 Å². The lowest BCUT2D eigenvalue weighted by Crippen LogP contribution is -2.37.